The van der Waals surface area contributed by atoms with Gasteiger partial charge in [0, 0.05) is 18.9 Å². The van der Waals surface area contributed by atoms with Crippen molar-refractivity contribution in [2.45, 2.75) is 33.5 Å². The highest BCUT2D eigenvalue weighted by molar-refractivity contribution is 14.0. The molecule has 0 saturated heterocycles. The Morgan fingerprint density at radius 3 is 2.67 bits per heavy atom. The Morgan fingerprint density at radius 2 is 2.00 bits per heavy atom. The molecule has 3 aromatic rings. The first-order valence-corrected chi connectivity index (χ1v) is 8.60. The molecule has 0 atom stereocenters. The van der Waals surface area contributed by atoms with E-state index in [0.717, 1.165) is 18.7 Å². The highest BCUT2D eigenvalue weighted by Gasteiger charge is 2.06. The van der Waals surface area contributed by atoms with Crippen molar-refractivity contribution in [3.05, 3.63) is 65.6 Å². The molecule has 0 saturated carbocycles. The molecule has 0 radical (unpaired) electrons. The summed E-state index contributed by atoms with van der Waals surface area (Å²) in [5.74, 6) is 1.86. The summed E-state index contributed by atoms with van der Waals surface area (Å²) in [7, 11) is 0. The lowest BCUT2D eigenvalue weighted by atomic mass is 10.1. The molecule has 2 aromatic heterocycles. The van der Waals surface area contributed by atoms with Crippen LogP contribution in [-0.4, -0.2) is 32.4 Å². The summed E-state index contributed by atoms with van der Waals surface area (Å²) in [6.45, 7) is 6.31. The lowest BCUT2D eigenvalue weighted by Crippen LogP contribution is -2.36. The van der Waals surface area contributed by atoms with Crippen LogP contribution in [-0.2, 0) is 19.6 Å². The number of aryl methyl sites for hydroxylation is 1. The van der Waals surface area contributed by atoms with Crippen molar-refractivity contribution in [3.8, 4) is 0 Å². The first kappa shape index (κ1) is 20.9. The number of rotatable bonds is 7. The van der Waals surface area contributed by atoms with Crippen LogP contribution in [0.5, 0.6) is 0 Å². The lowest BCUT2D eigenvalue weighted by Gasteiger charge is -2.11. The monoisotopic (exact) mass is 481 g/mol. The summed E-state index contributed by atoms with van der Waals surface area (Å²) in [6, 6.07) is 10.2. The molecule has 27 heavy (non-hydrogen) atoms. The molecule has 3 rings (SSSR count). The van der Waals surface area contributed by atoms with Crippen LogP contribution in [0.2, 0.25) is 0 Å². The molecule has 2 N–H and O–H groups in total. The maximum Gasteiger partial charge on any atom is 0.246 e. The fraction of sp³-hybridized carbons (Fsp3) is 0.333. The fourth-order valence-corrected chi connectivity index (χ4v) is 2.51. The van der Waals surface area contributed by atoms with E-state index < -0.39 is 0 Å². The topological polar surface area (TPSA) is 93.2 Å². The molecule has 0 aliphatic carbocycles. The second kappa shape index (κ2) is 10.7. The van der Waals surface area contributed by atoms with Crippen molar-refractivity contribution in [3.63, 3.8) is 0 Å². The lowest BCUT2D eigenvalue weighted by molar-refractivity contribution is 0.371. The van der Waals surface area contributed by atoms with E-state index in [2.05, 4.69) is 43.0 Å². The minimum absolute atomic E-state index is 0. The zero-order chi connectivity index (χ0) is 18.2. The fourth-order valence-electron chi connectivity index (χ4n) is 2.51. The maximum absolute atomic E-state index is 5.12. The van der Waals surface area contributed by atoms with Gasteiger partial charge in [-0.1, -0.05) is 29.4 Å². The molecule has 0 aliphatic rings. The molecule has 0 bridgehead atoms. The first-order valence-electron chi connectivity index (χ1n) is 8.60. The van der Waals surface area contributed by atoms with Crippen LogP contribution in [0.15, 0.2) is 52.2 Å². The Morgan fingerprint density at radius 1 is 1.19 bits per heavy atom. The predicted octanol–water partition coefficient (Wildman–Crippen LogP) is 2.50. The molecule has 0 spiro atoms. The molecule has 9 heteroatoms. The van der Waals surface area contributed by atoms with Gasteiger partial charge in [0.15, 0.2) is 11.8 Å². The summed E-state index contributed by atoms with van der Waals surface area (Å²) in [5.41, 5.74) is 2.36. The number of benzene rings is 1. The molecular formula is C18H24IN7O. The molecule has 0 fully saturated rings. The molecule has 2 heterocycles. The van der Waals surface area contributed by atoms with Crippen LogP contribution in [0.1, 0.15) is 29.8 Å². The van der Waals surface area contributed by atoms with E-state index in [0.29, 0.717) is 30.8 Å². The normalized spacial score (nSPS) is 11.1. The van der Waals surface area contributed by atoms with Gasteiger partial charge in [0.2, 0.25) is 5.89 Å². The zero-order valence-electron chi connectivity index (χ0n) is 15.4. The van der Waals surface area contributed by atoms with Crippen LogP contribution in [0.4, 0.5) is 0 Å². The average molecular weight is 481 g/mol. The number of aromatic nitrogens is 4. The van der Waals surface area contributed by atoms with Crippen molar-refractivity contribution in [2.75, 3.05) is 6.54 Å². The van der Waals surface area contributed by atoms with Crippen LogP contribution in [0.3, 0.4) is 0 Å². The van der Waals surface area contributed by atoms with Crippen molar-refractivity contribution in [2.24, 2.45) is 4.99 Å². The standard InChI is InChI=1S/C18H23N7O.HI/c1-3-19-18(21-12-17-23-14(2)24-26-17)20-11-15-7-4-5-8-16(15)13-25-10-6-9-22-25;/h4-10H,3,11-13H2,1-2H3,(H2,19,20,21);1H. The molecule has 144 valence electrons. The summed E-state index contributed by atoms with van der Waals surface area (Å²) < 4.78 is 7.02. The minimum atomic E-state index is 0. The third-order valence-corrected chi connectivity index (χ3v) is 3.74. The average Bonchev–Trinajstić information content (AvgIpc) is 3.30. The highest BCUT2D eigenvalue weighted by atomic mass is 127. The van der Waals surface area contributed by atoms with Gasteiger partial charge >= 0.3 is 0 Å². The van der Waals surface area contributed by atoms with E-state index in [1.54, 1.807) is 13.1 Å². The Labute approximate surface area is 175 Å². The van der Waals surface area contributed by atoms with E-state index in [-0.39, 0.29) is 24.0 Å². The second-order valence-corrected chi connectivity index (χ2v) is 5.76. The van der Waals surface area contributed by atoms with Gasteiger partial charge in [-0.15, -0.1) is 24.0 Å². The second-order valence-electron chi connectivity index (χ2n) is 5.76. The van der Waals surface area contributed by atoms with Gasteiger partial charge in [0.1, 0.15) is 0 Å². The number of halogens is 1. The third-order valence-electron chi connectivity index (χ3n) is 3.74. The van der Waals surface area contributed by atoms with Crippen LogP contribution >= 0.6 is 24.0 Å². The Bertz CT molecular complexity index is 845. The van der Waals surface area contributed by atoms with E-state index >= 15 is 0 Å². The zero-order valence-corrected chi connectivity index (χ0v) is 17.8. The highest BCUT2D eigenvalue weighted by Crippen LogP contribution is 2.11. The van der Waals surface area contributed by atoms with Crippen LogP contribution in [0.25, 0.3) is 0 Å². The summed E-state index contributed by atoms with van der Waals surface area (Å²) >= 11 is 0. The minimum Gasteiger partial charge on any atom is -0.357 e. The van der Waals surface area contributed by atoms with Gasteiger partial charge in [-0.25, -0.2) is 4.99 Å². The molecule has 8 nitrogen and oxygen atoms in total. The number of hydrogen-bond donors (Lipinski definition) is 2. The first-order chi connectivity index (χ1) is 12.7. The molecule has 1 aromatic carbocycles. The van der Waals surface area contributed by atoms with Crippen LogP contribution in [0, 0.1) is 6.92 Å². The van der Waals surface area contributed by atoms with E-state index in [4.69, 9.17) is 4.52 Å². The SMILES string of the molecule is CCNC(=NCc1ccccc1Cn1cccn1)NCc1nc(C)no1.I. The van der Waals surface area contributed by atoms with E-state index in [9.17, 15) is 0 Å². The number of nitrogens with zero attached hydrogens (tertiary/aromatic N) is 5. The summed E-state index contributed by atoms with van der Waals surface area (Å²) in [4.78, 5) is 8.85. The van der Waals surface area contributed by atoms with E-state index in [1.807, 2.05) is 36.0 Å². The summed E-state index contributed by atoms with van der Waals surface area (Å²) in [6.07, 6.45) is 3.74. The van der Waals surface area contributed by atoms with Gasteiger partial charge in [0.05, 0.1) is 19.6 Å². The van der Waals surface area contributed by atoms with E-state index in [1.165, 1.54) is 5.56 Å². The maximum atomic E-state index is 5.12. The van der Waals surface area contributed by atoms with Gasteiger partial charge in [-0.3, -0.25) is 4.68 Å². The molecular weight excluding hydrogens is 457 g/mol. The van der Waals surface area contributed by atoms with Gasteiger partial charge in [-0.2, -0.15) is 10.1 Å². The third kappa shape index (κ3) is 6.35. The Kier molecular flexibility index (Phi) is 8.24. The number of nitrogens with one attached hydrogen (secondary N) is 2. The smallest absolute Gasteiger partial charge is 0.246 e. The molecule has 0 amide bonds. The summed E-state index contributed by atoms with van der Waals surface area (Å²) in [5, 5.41) is 14.5. The van der Waals surface area contributed by atoms with Gasteiger partial charge < -0.3 is 15.2 Å². The number of hydrogen-bond acceptors (Lipinski definition) is 5. The Hall–Kier alpha value is -2.43. The van der Waals surface area contributed by atoms with Crippen molar-refractivity contribution < 1.29 is 4.52 Å². The van der Waals surface area contributed by atoms with Gasteiger partial charge in [-0.05, 0) is 31.0 Å². The molecule has 0 unspecified atom stereocenters. The van der Waals surface area contributed by atoms with Crippen LogP contribution < -0.4 is 10.6 Å². The Balaban J connectivity index is 0.00000261. The largest absolute Gasteiger partial charge is 0.357 e. The van der Waals surface area contributed by atoms with Crippen molar-refractivity contribution >= 4 is 29.9 Å². The van der Waals surface area contributed by atoms with Crippen molar-refractivity contribution in [1.29, 1.82) is 0 Å². The number of guanidine groups is 1. The number of aliphatic imine (C=N–C) groups is 1. The quantitative estimate of drug-likeness (QED) is 0.306. The molecule has 0 aliphatic heterocycles. The van der Waals surface area contributed by atoms with Gasteiger partial charge in [0.25, 0.3) is 0 Å². The van der Waals surface area contributed by atoms with Crippen molar-refractivity contribution in [1.82, 2.24) is 30.6 Å². The predicted molar refractivity (Wildman–Crippen MR) is 114 cm³/mol.